The molecule has 0 aliphatic heterocycles. The standard InChI is InChI=1S/C11H19NO2/c1-12-11(13)9-14-10-7-5-3-2-4-6-8-10/h2-3,10H,4-9H2,1H3,(H,12,13)/b3-2+. The van der Waals surface area contributed by atoms with Crippen LogP contribution in [0.25, 0.3) is 0 Å². The molecule has 0 bridgehead atoms. The van der Waals surface area contributed by atoms with Crippen LogP contribution in [0.4, 0.5) is 0 Å². The molecule has 0 aromatic carbocycles. The summed E-state index contributed by atoms with van der Waals surface area (Å²) in [6, 6.07) is 0. The molecule has 1 amide bonds. The zero-order valence-corrected chi connectivity index (χ0v) is 8.79. The average molecular weight is 197 g/mol. The number of ether oxygens (including phenoxy) is 1. The van der Waals surface area contributed by atoms with Crippen molar-refractivity contribution in [3.63, 3.8) is 0 Å². The van der Waals surface area contributed by atoms with Crippen LogP contribution in [0, 0.1) is 0 Å². The van der Waals surface area contributed by atoms with E-state index in [-0.39, 0.29) is 18.6 Å². The van der Waals surface area contributed by atoms with Crippen molar-refractivity contribution < 1.29 is 9.53 Å². The second-order valence-corrected chi connectivity index (χ2v) is 3.59. The van der Waals surface area contributed by atoms with Crippen molar-refractivity contribution in [1.29, 1.82) is 0 Å². The Kier molecular flexibility index (Phi) is 5.30. The van der Waals surface area contributed by atoms with E-state index in [4.69, 9.17) is 4.74 Å². The summed E-state index contributed by atoms with van der Waals surface area (Å²) in [5, 5.41) is 2.55. The Bertz CT molecular complexity index is 201. The van der Waals surface area contributed by atoms with Gasteiger partial charge in [0.05, 0.1) is 6.10 Å². The highest BCUT2D eigenvalue weighted by Gasteiger charge is 2.10. The molecule has 0 aromatic rings. The molecule has 0 heterocycles. The first-order chi connectivity index (χ1) is 6.83. The fraction of sp³-hybridized carbons (Fsp3) is 0.727. The van der Waals surface area contributed by atoms with Gasteiger partial charge in [0, 0.05) is 7.05 Å². The van der Waals surface area contributed by atoms with Gasteiger partial charge < -0.3 is 10.1 Å². The van der Waals surface area contributed by atoms with Crippen LogP contribution in [0.3, 0.4) is 0 Å². The van der Waals surface area contributed by atoms with E-state index >= 15 is 0 Å². The second kappa shape index (κ2) is 6.60. The summed E-state index contributed by atoms with van der Waals surface area (Å²) in [6.07, 6.45) is 10.2. The van der Waals surface area contributed by atoms with Gasteiger partial charge in [-0.2, -0.15) is 0 Å². The molecule has 0 saturated carbocycles. The van der Waals surface area contributed by atoms with E-state index < -0.39 is 0 Å². The summed E-state index contributed by atoms with van der Waals surface area (Å²) in [5.74, 6) is -0.0393. The molecule has 1 atom stereocenters. The van der Waals surface area contributed by atoms with Gasteiger partial charge in [-0.3, -0.25) is 4.79 Å². The summed E-state index contributed by atoms with van der Waals surface area (Å²) in [4.78, 5) is 11.0. The lowest BCUT2D eigenvalue weighted by atomic mass is 10.0. The Balaban J connectivity index is 2.21. The van der Waals surface area contributed by atoms with Gasteiger partial charge in [-0.15, -0.1) is 0 Å². The molecule has 14 heavy (non-hydrogen) atoms. The maximum absolute atomic E-state index is 11.0. The van der Waals surface area contributed by atoms with Gasteiger partial charge in [0.25, 0.3) is 0 Å². The van der Waals surface area contributed by atoms with Crippen LogP contribution in [-0.4, -0.2) is 25.7 Å². The first-order valence-corrected chi connectivity index (χ1v) is 5.30. The molecule has 1 aliphatic carbocycles. The zero-order valence-electron chi connectivity index (χ0n) is 8.79. The number of carbonyl (C=O) groups excluding carboxylic acids is 1. The minimum Gasteiger partial charge on any atom is -0.368 e. The molecule has 80 valence electrons. The maximum Gasteiger partial charge on any atom is 0.245 e. The summed E-state index contributed by atoms with van der Waals surface area (Å²) < 4.78 is 5.53. The van der Waals surface area contributed by atoms with Crippen LogP contribution in [0.1, 0.15) is 32.1 Å². The van der Waals surface area contributed by atoms with Crippen LogP contribution in [0.2, 0.25) is 0 Å². The quantitative estimate of drug-likeness (QED) is 0.698. The summed E-state index contributed by atoms with van der Waals surface area (Å²) >= 11 is 0. The van der Waals surface area contributed by atoms with Crippen molar-refractivity contribution in [3.8, 4) is 0 Å². The SMILES string of the molecule is CNC(=O)COC1CC/C=C/CCC1. The minimum atomic E-state index is -0.0393. The molecule has 1 aliphatic rings. The lowest BCUT2D eigenvalue weighted by molar-refractivity contribution is -0.127. The molecule has 0 radical (unpaired) electrons. The molecule has 1 N–H and O–H groups in total. The van der Waals surface area contributed by atoms with E-state index in [0.717, 1.165) is 32.1 Å². The van der Waals surface area contributed by atoms with Gasteiger partial charge in [0.1, 0.15) is 6.61 Å². The highest BCUT2D eigenvalue weighted by molar-refractivity contribution is 5.76. The Morgan fingerprint density at radius 2 is 2.21 bits per heavy atom. The molecule has 1 unspecified atom stereocenters. The second-order valence-electron chi connectivity index (χ2n) is 3.59. The van der Waals surface area contributed by atoms with E-state index in [1.54, 1.807) is 7.05 Å². The molecule has 3 nitrogen and oxygen atoms in total. The Labute approximate surface area is 85.5 Å². The molecular formula is C11H19NO2. The summed E-state index contributed by atoms with van der Waals surface area (Å²) in [6.45, 7) is 0.199. The summed E-state index contributed by atoms with van der Waals surface area (Å²) in [7, 11) is 1.63. The molecular weight excluding hydrogens is 178 g/mol. The van der Waals surface area contributed by atoms with E-state index in [1.807, 2.05) is 0 Å². The third-order valence-electron chi connectivity index (χ3n) is 2.45. The zero-order chi connectivity index (χ0) is 10.2. The van der Waals surface area contributed by atoms with Crippen molar-refractivity contribution in [2.45, 2.75) is 38.2 Å². The fourth-order valence-corrected chi connectivity index (χ4v) is 1.56. The van der Waals surface area contributed by atoms with Crippen LogP contribution in [0.15, 0.2) is 12.2 Å². The highest BCUT2D eigenvalue weighted by Crippen LogP contribution is 2.15. The van der Waals surface area contributed by atoms with Gasteiger partial charge in [-0.1, -0.05) is 12.2 Å². The Morgan fingerprint density at radius 3 is 3.00 bits per heavy atom. The number of amides is 1. The van der Waals surface area contributed by atoms with Crippen molar-refractivity contribution in [2.24, 2.45) is 0 Å². The lowest BCUT2D eigenvalue weighted by Crippen LogP contribution is -2.27. The van der Waals surface area contributed by atoms with Gasteiger partial charge in [0.15, 0.2) is 0 Å². The molecule has 0 aromatic heterocycles. The highest BCUT2D eigenvalue weighted by atomic mass is 16.5. The van der Waals surface area contributed by atoms with E-state index in [2.05, 4.69) is 17.5 Å². The number of rotatable bonds is 3. The van der Waals surface area contributed by atoms with Crippen LogP contribution in [-0.2, 0) is 9.53 Å². The largest absolute Gasteiger partial charge is 0.368 e. The third-order valence-corrected chi connectivity index (χ3v) is 2.45. The molecule has 3 heteroatoms. The first kappa shape index (κ1) is 11.2. The number of likely N-dealkylation sites (N-methyl/N-ethyl adjacent to an activating group) is 1. The van der Waals surface area contributed by atoms with Crippen molar-refractivity contribution in [2.75, 3.05) is 13.7 Å². The minimum absolute atomic E-state index is 0.0393. The van der Waals surface area contributed by atoms with Crippen molar-refractivity contribution >= 4 is 5.91 Å². The molecule has 0 spiro atoms. The number of carbonyl (C=O) groups is 1. The number of hydrogen-bond acceptors (Lipinski definition) is 2. The average Bonchev–Trinajstić information content (AvgIpc) is 2.15. The number of allylic oxidation sites excluding steroid dienone is 2. The van der Waals surface area contributed by atoms with Crippen molar-refractivity contribution in [1.82, 2.24) is 5.32 Å². The maximum atomic E-state index is 11.0. The molecule has 0 saturated heterocycles. The predicted molar refractivity (Wildman–Crippen MR) is 56.0 cm³/mol. The molecule has 0 fully saturated rings. The smallest absolute Gasteiger partial charge is 0.245 e. The van der Waals surface area contributed by atoms with Gasteiger partial charge in [0.2, 0.25) is 5.91 Å². The van der Waals surface area contributed by atoms with Gasteiger partial charge >= 0.3 is 0 Å². The van der Waals surface area contributed by atoms with Crippen LogP contribution >= 0.6 is 0 Å². The van der Waals surface area contributed by atoms with E-state index in [0.29, 0.717) is 0 Å². The third kappa shape index (κ3) is 4.42. The van der Waals surface area contributed by atoms with Crippen molar-refractivity contribution in [3.05, 3.63) is 12.2 Å². The first-order valence-electron chi connectivity index (χ1n) is 5.30. The monoisotopic (exact) mass is 197 g/mol. The van der Waals surface area contributed by atoms with E-state index in [9.17, 15) is 4.79 Å². The number of hydrogen-bond donors (Lipinski definition) is 1. The summed E-state index contributed by atoms with van der Waals surface area (Å²) in [5.41, 5.74) is 0. The topological polar surface area (TPSA) is 38.3 Å². The van der Waals surface area contributed by atoms with Gasteiger partial charge in [-0.05, 0) is 32.1 Å². The Morgan fingerprint density at radius 1 is 1.43 bits per heavy atom. The van der Waals surface area contributed by atoms with Gasteiger partial charge in [-0.25, -0.2) is 0 Å². The molecule has 1 rings (SSSR count). The normalized spacial score (nSPS) is 24.8. The van der Waals surface area contributed by atoms with E-state index in [1.165, 1.54) is 0 Å². The number of nitrogens with one attached hydrogen (secondary N) is 1. The predicted octanol–water partition coefficient (Wildman–Crippen LogP) is 1.64. The fourth-order valence-electron chi connectivity index (χ4n) is 1.56. The lowest BCUT2D eigenvalue weighted by Gasteiger charge is -2.17. The Hall–Kier alpha value is -0.830. The van der Waals surface area contributed by atoms with Crippen LogP contribution in [0.5, 0.6) is 0 Å². The van der Waals surface area contributed by atoms with Crippen LogP contribution < -0.4 is 5.32 Å².